The number of aromatic nitrogens is 2. The summed E-state index contributed by atoms with van der Waals surface area (Å²) in [5.74, 6) is 0.180. The second-order valence-corrected chi connectivity index (χ2v) is 7.17. The second kappa shape index (κ2) is 7.83. The van der Waals surface area contributed by atoms with Gasteiger partial charge in [-0.2, -0.15) is 0 Å². The van der Waals surface area contributed by atoms with Gasteiger partial charge in [0.1, 0.15) is 5.76 Å². The molecule has 3 aromatic rings. The maximum atomic E-state index is 12.4. The molecule has 138 valence electrons. The van der Waals surface area contributed by atoms with E-state index < -0.39 is 10.0 Å². The lowest BCUT2D eigenvalue weighted by Gasteiger charge is -2.08. The molecule has 0 saturated heterocycles. The van der Waals surface area contributed by atoms with Crippen LogP contribution in [0.3, 0.4) is 0 Å². The number of carbonyl (C=O) groups excluding carboxylic acids is 1. The molecule has 0 spiro atoms. The number of carbonyl (C=O) groups is 1. The molecule has 9 heteroatoms. The van der Waals surface area contributed by atoms with E-state index in [-0.39, 0.29) is 16.8 Å². The van der Waals surface area contributed by atoms with Crippen LogP contribution in [0.1, 0.15) is 11.5 Å². The molecule has 0 radical (unpaired) electrons. The summed E-state index contributed by atoms with van der Waals surface area (Å²) in [6, 6.07) is 10.8. The maximum absolute atomic E-state index is 12.4. The Kier molecular flexibility index (Phi) is 5.32. The summed E-state index contributed by atoms with van der Waals surface area (Å²) < 4.78 is 32.2. The summed E-state index contributed by atoms with van der Waals surface area (Å²) in [4.78, 5) is 19.8. The number of amides is 1. The summed E-state index contributed by atoms with van der Waals surface area (Å²) in [5.41, 5.74) is 1.10. The highest BCUT2D eigenvalue weighted by Gasteiger charge is 2.15. The molecule has 2 heterocycles. The average molecular weight is 384 g/mol. The van der Waals surface area contributed by atoms with Crippen LogP contribution in [0.15, 0.2) is 70.3 Å². The van der Waals surface area contributed by atoms with Gasteiger partial charge in [-0.1, -0.05) is 0 Å². The van der Waals surface area contributed by atoms with Crippen molar-refractivity contribution in [3.63, 3.8) is 0 Å². The van der Waals surface area contributed by atoms with E-state index in [0.29, 0.717) is 17.1 Å². The lowest BCUT2D eigenvalue weighted by molar-refractivity contribution is -0.111. The van der Waals surface area contributed by atoms with Crippen molar-refractivity contribution in [3.8, 4) is 0 Å². The third kappa shape index (κ3) is 5.02. The first-order chi connectivity index (χ1) is 12.9. The van der Waals surface area contributed by atoms with Crippen molar-refractivity contribution in [2.24, 2.45) is 0 Å². The first kappa shape index (κ1) is 18.3. The molecule has 3 rings (SSSR count). The van der Waals surface area contributed by atoms with E-state index in [9.17, 15) is 13.2 Å². The predicted octanol–water partition coefficient (Wildman–Crippen LogP) is 2.83. The van der Waals surface area contributed by atoms with Crippen LogP contribution >= 0.6 is 0 Å². The Bertz CT molecular complexity index is 1060. The third-order valence-electron chi connectivity index (χ3n) is 3.39. The van der Waals surface area contributed by atoms with Crippen LogP contribution in [0.2, 0.25) is 0 Å². The summed E-state index contributed by atoms with van der Waals surface area (Å²) in [6.07, 6.45) is 5.82. The van der Waals surface area contributed by atoms with Crippen LogP contribution < -0.4 is 10.0 Å². The Balaban J connectivity index is 1.66. The molecule has 0 aliphatic heterocycles. The molecule has 8 nitrogen and oxygen atoms in total. The fourth-order valence-electron chi connectivity index (χ4n) is 2.12. The van der Waals surface area contributed by atoms with Crippen molar-refractivity contribution >= 4 is 33.6 Å². The van der Waals surface area contributed by atoms with Crippen molar-refractivity contribution in [2.45, 2.75) is 11.8 Å². The van der Waals surface area contributed by atoms with Gasteiger partial charge in [0.05, 0.1) is 11.2 Å². The van der Waals surface area contributed by atoms with Gasteiger partial charge >= 0.3 is 0 Å². The molecule has 0 aliphatic rings. The van der Waals surface area contributed by atoms with Crippen LogP contribution in [0.5, 0.6) is 0 Å². The van der Waals surface area contributed by atoms with Crippen molar-refractivity contribution in [2.75, 3.05) is 10.0 Å². The minimum atomic E-state index is -3.83. The van der Waals surface area contributed by atoms with Crippen molar-refractivity contribution in [3.05, 3.63) is 72.5 Å². The molecule has 0 unspecified atom stereocenters. The van der Waals surface area contributed by atoms with E-state index in [2.05, 4.69) is 20.0 Å². The lowest BCUT2D eigenvalue weighted by Crippen LogP contribution is -2.15. The molecule has 0 saturated carbocycles. The number of hydrogen-bond donors (Lipinski definition) is 2. The number of hydrogen-bond acceptors (Lipinski definition) is 6. The first-order valence-electron chi connectivity index (χ1n) is 7.87. The molecule has 2 N–H and O–H groups in total. The fourth-order valence-corrected chi connectivity index (χ4v) is 3.07. The zero-order valence-corrected chi connectivity index (χ0v) is 15.1. The van der Waals surface area contributed by atoms with Crippen LogP contribution in [0.25, 0.3) is 6.08 Å². The number of nitrogens with zero attached hydrogens (tertiary/aromatic N) is 2. The van der Waals surface area contributed by atoms with Gasteiger partial charge in [-0.15, -0.1) is 0 Å². The molecule has 0 aliphatic carbocycles. The third-order valence-corrected chi connectivity index (χ3v) is 4.74. The predicted molar refractivity (Wildman–Crippen MR) is 100 cm³/mol. The van der Waals surface area contributed by atoms with Gasteiger partial charge in [-0.25, -0.2) is 23.1 Å². The molecule has 27 heavy (non-hydrogen) atoms. The minimum Gasteiger partial charge on any atom is -0.465 e. The van der Waals surface area contributed by atoms with Gasteiger partial charge in [0.2, 0.25) is 11.9 Å². The molecule has 0 atom stereocenters. The number of rotatable bonds is 6. The Morgan fingerprint density at radius 3 is 2.59 bits per heavy atom. The first-order valence-corrected chi connectivity index (χ1v) is 9.36. The standard InChI is InChI=1S/C18H16N4O4S/c1-13-10-11-19-18(20-13)22-27(24,25)16-7-4-14(5-8-16)21-17(23)9-6-15-3-2-12-26-15/h2-12H,1H3,(H,21,23)(H,19,20,22)/b9-6+. The topological polar surface area (TPSA) is 114 Å². The van der Waals surface area contributed by atoms with Gasteiger partial charge < -0.3 is 9.73 Å². The van der Waals surface area contributed by atoms with Crippen LogP contribution in [-0.4, -0.2) is 24.3 Å². The normalized spacial score (nSPS) is 11.4. The van der Waals surface area contributed by atoms with Gasteiger partial charge in [0.25, 0.3) is 10.0 Å². The summed E-state index contributed by atoms with van der Waals surface area (Å²) >= 11 is 0. The molecular formula is C18H16N4O4S. The molecule has 2 aromatic heterocycles. The lowest BCUT2D eigenvalue weighted by atomic mass is 10.3. The van der Waals surface area contributed by atoms with Crippen LogP contribution in [-0.2, 0) is 14.8 Å². The Hall–Kier alpha value is -3.46. The van der Waals surface area contributed by atoms with E-state index >= 15 is 0 Å². The summed E-state index contributed by atoms with van der Waals surface area (Å²) in [6.45, 7) is 1.73. The SMILES string of the molecule is Cc1ccnc(NS(=O)(=O)c2ccc(NC(=O)/C=C/c3ccco3)cc2)n1. The Labute approximate surface area is 156 Å². The Morgan fingerprint density at radius 2 is 1.93 bits per heavy atom. The maximum Gasteiger partial charge on any atom is 0.264 e. The smallest absolute Gasteiger partial charge is 0.264 e. The zero-order chi connectivity index (χ0) is 19.3. The van der Waals surface area contributed by atoms with Gasteiger partial charge in [0, 0.05) is 23.7 Å². The average Bonchev–Trinajstić information content (AvgIpc) is 3.14. The molecule has 1 amide bonds. The highest BCUT2D eigenvalue weighted by atomic mass is 32.2. The Morgan fingerprint density at radius 1 is 1.15 bits per heavy atom. The van der Waals surface area contributed by atoms with E-state index in [1.165, 1.54) is 48.9 Å². The van der Waals surface area contributed by atoms with Crippen molar-refractivity contribution in [1.29, 1.82) is 0 Å². The number of anilines is 2. The molecule has 1 aromatic carbocycles. The van der Waals surface area contributed by atoms with E-state index in [1.807, 2.05) is 0 Å². The summed E-state index contributed by atoms with van der Waals surface area (Å²) in [7, 11) is -3.83. The quantitative estimate of drug-likeness (QED) is 0.632. The highest BCUT2D eigenvalue weighted by molar-refractivity contribution is 7.92. The van der Waals surface area contributed by atoms with Gasteiger partial charge in [-0.3, -0.25) is 4.79 Å². The van der Waals surface area contributed by atoms with E-state index in [0.717, 1.165) is 0 Å². The largest absolute Gasteiger partial charge is 0.465 e. The van der Waals surface area contributed by atoms with Crippen molar-refractivity contribution in [1.82, 2.24) is 9.97 Å². The van der Waals surface area contributed by atoms with Gasteiger partial charge in [0.15, 0.2) is 0 Å². The van der Waals surface area contributed by atoms with E-state index in [4.69, 9.17) is 4.42 Å². The fraction of sp³-hybridized carbons (Fsp3) is 0.0556. The number of nitrogens with one attached hydrogen (secondary N) is 2. The molecular weight excluding hydrogens is 368 g/mol. The van der Waals surface area contributed by atoms with Crippen LogP contribution in [0, 0.1) is 6.92 Å². The number of benzene rings is 1. The van der Waals surface area contributed by atoms with E-state index in [1.54, 1.807) is 25.1 Å². The van der Waals surface area contributed by atoms with Crippen LogP contribution in [0.4, 0.5) is 11.6 Å². The molecule has 0 bridgehead atoms. The zero-order valence-electron chi connectivity index (χ0n) is 14.3. The highest BCUT2D eigenvalue weighted by Crippen LogP contribution is 2.16. The number of sulfonamides is 1. The minimum absolute atomic E-state index is 0.00422. The second-order valence-electron chi connectivity index (χ2n) is 5.49. The van der Waals surface area contributed by atoms with Crippen molar-refractivity contribution < 1.29 is 17.6 Å². The number of furan rings is 1. The summed E-state index contributed by atoms with van der Waals surface area (Å²) in [5, 5.41) is 2.63. The number of aryl methyl sites for hydroxylation is 1. The monoisotopic (exact) mass is 384 g/mol. The molecule has 0 fully saturated rings. The van der Waals surface area contributed by atoms with Gasteiger partial charge in [-0.05, 0) is 55.5 Å².